The van der Waals surface area contributed by atoms with Gasteiger partial charge in [0.2, 0.25) is 5.82 Å². The van der Waals surface area contributed by atoms with Crippen molar-refractivity contribution in [3.05, 3.63) is 29.7 Å². The van der Waals surface area contributed by atoms with E-state index in [0.717, 1.165) is 5.39 Å². The Morgan fingerprint density at radius 1 is 1.33 bits per heavy atom. The van der Waals surface area contributed by atoms with Crippen LogP contribution in [0.2, 0.25) is 0 Å². The Morgan fingerprint density at radius 3 is 2.73 bits per heavy atom. The zero-order valence-electron chi connectivity index (χ0n) is 7.93. The number of rotatable bonds is 1. The largest absolute Gasteiger partial charge is 0.508 e. The van der Waals surface area contributed by atoms with Crippen molar-refractivity contribution in [1.29, 1.82) is 0 Å². The summed E-state index contributed by atoms with van der Waals surface area (Å²) in [6, 6.07) is 4.58. The van der Waals surface area contributed by atoms with Gasteiger partial charge < -0.3 is 10.2 Å². The molecule has 1 heterocycles. The van der Waals surface area contributed by atoms with E-state index in [9.17, 15) is 9.90 Å². The van der Waals surface area contributed by atoms with E-state index in [1.54, 1.807) is 13.0 Å². The summed E-state index contributed by atoms with van der Waals surface area (Å²) in [6.45, 7) is 1.70. The minimum absolute atomic E-state index is 0.0527. The number of carbonyl (C=O) groups is 1. The SMILES string of the molecule is Cc1nc(C(=O)O)nc2cc(O)ccc12. The summed E-state index contributed by atoms with van der Waals surface area (Å²) in [5, 5.41) is 18.7. The van der Waals surface area contributed by atoms with Gasteiger partial charge >= 0.3 is 5.97 Å². The molecule has 76 valence electrons. The maximum Gasteiger partial charge on any atom is 0.373 e. The highest BCUT2D eigenvalue weighted by Crippen LogP contribution is 2.20. The zero-order chi connectivity index (χ0) is 11.0. The maximum absolute atomic E-state index is 10.7. The summed E-state index contributed by atoms with van der Waals surface area (Å²) in [5.74, 6) is -1.38. The maximum atomic E-state index is 10.7. The average molecular weight is 204 g/mol. The molecule has 0 atom stereocenters. The number of carboxylic acid groups (broad SMARTS) is 1. The van der Waals surface area contributed by atoms with Gasteiger partial charge in [0.05, 0.1) is 5.52 Å². The standard InChI is InChI=1S/C10H8N2O3/c1-5-7-3-2-6(13)4-8(7)12-9(11-5)10(14)15/h2-4,13H,1H3,(H,14,15). The number of nitrogens with zero attached hydrogens (tertiary/aromatic N) is 2. The Labute approximate surface area is 85.0 Å². The van der Waals surface area contributed by atoms with Crippen LogP contribution in [-0.2, 0) is 0 Å². The fraction of sp³-hybridized carbons (Fsp3) is 0.100. The van der Waals surface area contributed by atoms with Crippen LogP contribution >= 0.6 is 0 Å². The van der Waals surface area contributed by atoms with Crippen LogP contribution < -0.4 is 0 Å². The smallest absolute Gasteiger partial charge is 0.373 e. The predicted molar refractivity (Wildman–Crippen MR) is 52.9 cm³/mol. The number of phenols is 1. The molecule has 0 bridgehead atoms. The first-order valence-electron chi connectivity index (χ1n) is 4.28. The normalized spacial score (nSPS) is 10.5. The average Bonchev–Trinajstić information content (AvgIpc) is 2.16. The molecule has 1 aromatic heterocycles. The fourth-order valence-electron chi connectivity index (χ4n) is 1.37. The Hall–Kier alpha value is -2.17. The summed E-state index contributed by atoms with van der Waals surface area (Å²) >= 11 is 0. The molecular formula is C10H8N2O3. The highest BCUT2D eigenvalue weighted by atomic mass is 16.4. The van der Waals surface area contributed by atoms with Crippen molar-refractivity contribution in [2.45, 2.75) is 6.92 Å². The second-order valence-corrected chi connectivity index (χ2v) is 3.14. The third-order valence-corrected chi connectivity index (χ3v) is 2.06. The van der Waals surface area contributed by atoms with Crippen molar-refractivity contribution in [2.24, 2.45) is 0 Å². The lowest BCUT2D eigenvalue weighted by Crippen LogP contribution is -2.05. The summed E-state index contributed by atoms with van der Waals surface area (Å²) in [7, 11) is 0. The lowest BCUT2D eigenvalue weighted by atomic mass is 10.2. The van der Waals surface area contributed by atoms with Gasteiger partial charge in [-0.05, 0) is 19.1 Å². The highest BCUT2D eigenvalue weighted by Gasteiger charge is 2.10. The lowest BCUT2D eigenvalue weighted by Gasteiger charge is -2.02. The van der Waals surface area contributed by atoms with Crippen molar-refractivity contribution in [3.8, 4) is 5.75 Å². The number of hydrogen-bond donors (Lipinski definition) is 2. The fourth-order valence-corrected chi connectivity index (χ4v) is 1.37. The van der Waals surface area contributed by atoms with Gasteiger partial charge in [0.15, 0.2) is 0 Å². The minimum atomic E-state index is -1.18. The minimum Gasteiger partial charge on any atom is -0.508 e. The zero-order valence-corrected chi connectivity index (χ0v) is 7.93. The second-order valence-electron chi connectivity index (χ2n) is 3.14. The molecule has 2 rings (SSSR count). The Kier molecular flexibility index (Phi) is 2.00. The molecule has 2 N–H and O–H groups in total. The first-order chi connectivity index (χ1) is 7.08. The van der Waals surface area contributed by atoms with Crippen molar-refractivity contribution in [1.82, 2.24) is 9.97 Å². The van der Waals surface area contributed by atoms with E-state index in [4.69, 9.17) is 5.11 Å². The summed E-state index contributed by atoms with van der Waals surface area (Å²) < 4.78 is 0. The molecule has 5 nitrogen and oxygen atoms in total. The van der Waals surface area contributed by atoms with E-state index in [1.165, 1.54) is 12.1 Å². The van der Waals surface area contributed by atoms with Gasteiger partial charge in [-0.25, -0.2) is 14.8 Å². The number of aromatic carboxylic acids is 1. The van der Waals surface area contributed by atoms with Crippen LogP contribution in [0.3, 0.4) is 0 Å². The number of aryl methyl sites for hydroxylation is 1. The molecule has 0 aliphatic carbocycles. The van der Waals surface area contributed by atoms with E-state index in [-0.39, 0.29) is 11.6 Å². The van der Waals surface area contributed by atoms with Gasteiger partial charge in [-0.3, -0.25) is 0 Å². The third-order valence-electron chi connectivity index (χ3n) is 2.06. The number of aromatic hydroxyl groups is 1. The van der Waals surface area contributed by atoms with Gasteiger partial charge in [-0.2, -0.15) is 0 Å². The van der Waals surface area contributed by atoms with Crippen molar-refractivity contribution >= 4 is 16.9 Å². The molecule has 0 saturated carbocycles. The number of hydrogen-bond acceptors (Lipinski definition) is 4. The first-order valence-corrected chi connectivity index (χ1v) is 4.28. The summed E-state index contributed by atoms with van der Waals surface area (Å²) in [6.07, 6.45) is 0. The highest BCUT2D eigenvalue weighted by molar-refractivity contribution is 5.89. The van der Waals surface area contributed by atoms with Crippen LogP contribution in [0.15, 0.2) is 18.2 Å². The molecule has 0 aliphatic heterocycles. The van der Waals surface area contributed by atoms with E-state index in [0.29, 0.717) is 11.2 Å². The monoisotopic (exact) mass is 204 g/mol. The van der Waals surface area contributed by atoms with Crippen LogP contribution in [-0.4, -0.2) is 26.2 Å². The van der Waals surface area contributed by atoms with Crippen LogP contribution in [0.1, 0.15) is 16.3 Å². The van der Waals surface area contributed by atoms with Crippen molar-refractivity contribution in [3.63, 3.8) is 0 Å². The number of benzene rings is 1. The molecule has 0 aliphatic rings. The molecule has 0 radical (unpaired) electrons. The van der Waals surface area contributed by atoms with E-state index >= 15 is 0 Å². The van der Waals surface area contributed by atoms with Gasteiger partial charge in [0.1, 0.15) is 5.75 Å². The number of aromatic nitrogens is 2. The third kappa shape index (κ3) is 1.59. The van der Waals surface area contributed by atoms with Gasteiger partial charge in [-0.1, -0.05) is 0 Å². The number of carboxylic acids is 1. The quantitative estimate of drug-likeness (QED) is 0.732. The van der Waals surface area contributed by atoms with E-state index in [1.807, 2.05) is 0 Å². The van der Waals surface area contributed by atoms with Gasteiger partial charge in [0, 0.05) is 17.1 Å². The van der Waals surface area contributed by atoms with E-state index < -0.39 is 5.97 Å². The van der Waals surface area contributed by atoms with Gasteiger partial charge in [-0.15, -0.1) is 0 Å². The molecule has 0 saturated heterocycles. The summed E-state index contributed by atoms with van der Waals surface area (Å²) in [4.78, 5) is 18.4. The van der Waals surface area contributed by atoms with Crippen LogP contribution in [0.5, 0.6) is 5.75 Å². The molecule has 15 heavy (non-hydrogen) atoms. The van der Waals surface area contributed by atoms with Crippen molar-refractivity contribution < 1.29 is 15.0 Å². The van der Waals surface area contributed by atoms with Gasteiger partial charge in [0.25, 0.3) is 0 Å². The Bertz CT molecular complexity index is 552. The van der Waals surface area contributed by atoms with Crippen molar-refractivity contribution in [2.75, 3.05) is 0 Å². The molecule has 0 spiro atoms. The summed E-state index contributed by atoms with van der Waals surface area (Å²) in [5.41, 5.74) is 1.01. The predicted octanol–water partition coefficient (Wildman–Crippen LogP) is 1.34. The van der Waals surface area contributed by atoms with Crippen LogP contribution in [0.25, 0.3) is 10.9 Å². The molecule has 1 aromatic carbocycles. The molecule has 0 unspecified atom stereocenters. The van der Waals surface area contributed by atoms with E-state index in [2.05, 4.69) is 9.97 Å². The number of fused-ring (bicyclic) bond motifs is 1. The molecule has 5 heteroatoms. The topological polar surface area (TPSA) is 83.3 Å². The first kappa shape index (κ1) is 9.39. The molecule has 2 aromatic rings. The lowest BCUT2D eigenvalue weighted by molar-refractivity contribution is 0.0683. The van der Waals surface area contributed by atoms with Crippen LogP contribution in [0.4, 0.5) is 0 Å². The number of phenolic OH excluding ortho intramolecular Hbond substituents is 1. The Balaban J connectivity index is 2.79. The van der Waals surface area contributed by atoms with Crippen LogP contribution in [0, 0.1) is 6.92 Å². The molecule has 0 amide bonds. The molecule has 0 fully saturated rings. The Morgan fingerprint density at radius 2 is 2.07 bits per heavy atom. The molecular weight excluding hydrogens is 196 g/mol. The second kappa shape index (κ2) is 3.20.